The summed E-state index contributed by atoms with van der Waals surface area (Å²) in [7, 11) is 0. The van der Waals surface area contributed by atoms with Crippen molar-refractivity contribution in [3.8, 4) is 0 Å². The lowest BCUT2D eigenvalue weighted by Gasteiger charge is -2.13. The second-order valence-electron chi connectivity index (χ2n) is 3.59. The largest absolute Gasteiger partial charge is 0.351 e. The summed E-state index contributed by atoms with van der Waals surface area (Å²) < 4.78 is 0. The molecule has 88 valence electrons. The normalized spacial score (nSPS) is 10.8. The molecule has 0 aliphatic heterocycles. The minimum absolute atomic E-state index is 0.321. The molecule has 0 aliphatic carbocycles. The molecule has 2 aromatic carbocycles. The van der Waals surface area contributed by atoms with E-state index in [4.69, 9.17) is 23.2 Å². The molecule has 0 saturated carbocycles. The zero-order valence-electron chi connectivity index (χ0n) is 9.01. The molecule has 5 heteroatoms. The first kappa shape index (κ1) is 12.1. The number of hydrogen-bond donors (Lipinski definition) is 1. The molecule has 0 fully saturated rings. The molecule has 0 radical (unpaired) electrons. The van der Waals surface area contributed by atoms with Crippen molar-refractivity contribution >= 4 is 34.6 Å². The maximum Gasteiger partial charge on any atom is 0.249 e. The highest BCUT2D eigenvalue weighted by molar-refractivity contribution is 6.43. The van der Waals surface area contributed by atoms with Gasteiger partial charge in [0.05, 0.1) is 21.4 Å². The van der Waals surface area contributed by atoms with Crippen molar-refractivity contribution in [2.24, 2.45) is 0 Å². The molecule has 1 N–H and O–H groups in total. The summed E-state index contributed by atoms with van der Waals surface area (Å²) >= 11 is 11.8. The lowest BCUT2D eigenvalue weighted by atomic mass is 10.0. The van der Waals surface area contributed by atoms with Crippen LogP contribution in [0, 0.1) is 0 Å². The fourth-order valence-corrected chi connectivity index (χ4v) is 1.99. The first-order valence-corrected chi connectivity index (χ1v) is 5.85. The van der Waals surface area contributed by atoms with E-state index in [0.717, 1.165) is 0 Å². The van der Waals surface area contributed by atoms with Crippen LogP contribution in [0.3, 0.4) is 0 Å². The van der Waals surface area contributed by atoms with Crippen LogP contribution in [0.2, 0.25) is 10.0 Å². The van der Waals surface area contributed by atoms with Gasteiger partial charge in [-0.3, -0.25) is 9.59 Å². The van der Waals surface area contributed by atoms with Crippen LogP contribution in [-0.2, 0) is 6.42 Å². The molecule has 2 rings (SSSR count). The van der Waals surface area contributed by atoms with Gasteiger partial charge in [-0.2, -0.15) is 0 Å². The van der Waals surface area contributed by atoms with E-state index < -0.39 is 10.9 Å². The Morgan fingerprint density at radius 3 is 2.53 bits per heavy atom. The van der Waals surface area contributed by atoms with E-state index >= 15 is 0 Å². The Morgan fingerprint density at radius 2 is 1.88 bits per heavy atom. The van der Waals surface area contributed by atoms with Gasteiger partial charge >= 0.3 is 0 Å². The van der Waals surface area contributed by atoms with Crippen molar-refractivity contribution in [3.63, 3.8) is 0 Å². The molecule has 0 aromatic heterocycles. The van der Waals surface area contributed by atoms with Crippen molar-refractivity contribution in [1.82, 2.24) is 0 Å². The van der Waals surface area contributed by atoms with Crippen LogP contribution in [0.1, 0.15) is 12.5 Å². The maximum absolute atomic E-state index is 11.4. The fraction of sp³-hybridized carbons (Fsp3) is 0.167. The van der Waals surface area contributed by atoms with Crippen molar-refractivity contribution in [2.45, 2.75) is 13.3 Å². The van der Waals surface area contributed by atoms with Gasteiger partial charge in [-0.15, -0.1) is 0 Å². The SMILES string of the molecule is CCc1c(Nc2cccc(Cl)c2Cl)c(=O)c1=O. The zero-order valence-corrected chi connectivity index (χ0v) is 10.5. The second kappa shape index (κ2) is 4.51. The predicted molar refractivity (Wildman–Crippen MR) is 70.5 cm³/mol. The van der Waals surface area contributed by atoms with Crippen molar-refractivity contribution in [1.29, 1.82) is 0 Å². The molecule has 0 spiro atoms. The summed E-state index contributed by atoms with van der Waals surface area (Å²) in [6, 6.07) is 5.07. The molecule has 2 aromatic rings. The Labute approximate surface area is 108 Å². The van der Waals surface area contributed by atoms with Gasteiger partial charge in [0.15, 0.2) is 0 Å². The zero-order chi connectivity index (χ0) is 12.6. The van der Waals surface area contributed by atoms with Crippen molar-refractivity contribution in [3.05, 3.63) is 54.3 Å². The average molecular weight is 270 g/mol. The van der Waals surface area contributed by atoms with Crippen LogP contribution in [0.4, 0.5) is 11.4 Å². The number of hydrogen-bond acceptors (Lipinski definition) is 3. The predicted octanol–water partition coefficient (Wildman–Crippen LogP) is 2.90. The fourth-order valence-electron chi connectivity index (χ4n) is 1.64. The summed E-state index contributed by atoms with van der Waals surface area (Å²) in [6.45, 7) is 1.82. The summed E-state index contributed by atoms with van der Waals surface area (Å²) in [5, 5.41) is 3.60. The van der Waals surface area contributed by atoms with Crippen molar-refractivity contribution in [2.75, 3.05) is 5.32 Å². The Hall–Kier alpha value is -1.32. The third-order valence-corrected chi connectivity index (χ3v) is 3.39. The molecule has 0 atom stereocenters. The van der Waals surface area contributed by atoms with Gasteiger partial charge in [0.2, 0.25) is 10.9 Å². The van der Waals surface area contributed by atoms with Gasteiger partial charge < -0.3 is 5.32 Å². The molecular formula is C12H9Cl2NO2. The van der Waals surface area contributed by atoms with Gasteiger partial charge in [-0.25, -0.2) is 0 Å². The molecule has 0 saturated heterocycles. The highest BCUT2D eigenvalue weighted by Gasteiger charge is 2.19. The molecule has 0 bridgehead atoms. The van der Waals surface area contributed by atoms with E-state index in [2.05, 4.69) is 5.32 Å². The number of anilines is 2. The standard InChI is InChI=1S/C12H9Cl2NO2/c1-2-6-10(12(17)11(6)16)15-8-5-3-4-7(13)9(8)14/h3-5,15H,2H2,1H3. The topological polar surface area (TPSA) is 46.2 Å². The molecule has 3 nitrogen and oxygen atoms in total. The summed E-state index contributed by atoms with van der Waals surface area (Å²) in [4.78, 5) is 22.6. The van der Waals surface area contributed by atoms with Crippen LogP contribution in [0.5, 0.6) is 0 Å². The third-order valence-electron chi connectivity index (χ3n) is 2.57. The smallest absolute Gasteiger partial charge is 0.249 e. The number of halogens is 2. The minimum Gasteiger partial charge on any atom is -0.351 e. The summed E-state index contributed by atoms with van der Waals surface area (Å²) in [6.07, 6.45) is 0.519. The van der Waals surface area contributed by atoms with E-state index in [0.29, 0.717) is 33.4 Å². The van der Waals surface area contributed by atoms with Crippen molar-refractivity contribution < 1.29 is 0 Å². The van der Waals surface area contributed by atoms with Crippen LogP contribution in [-0.4, -0.2) is 0 Å². The Bertz CT molecular complexity index is 642. The molecular weight excluding hydrogens is 261 g/mol. The monoisotopic (exact) mass is 269 g/mol. The van der Waals surface area contributed by atoms with Crippen LogP contribution >= 0.6 is 23.2 Å². The third kappa shape index (κ3) is 1.96. The molecule has 0 amide bonds. The van der Waals surface area contributed by atoms with Gasteiger partial charge in [0, 0.05) is 5.56 Å². The van der Waals surface area contributed by atoms with Crippen LogP contribution in [0.15, 0.2) is 27.8 Å². The summed E-state index contributed by atoms with van der Waals surface area (Å²) in [5.74, 6) is 0. The lowest BCUT2D eigenvalue weighted by Crippen LogP contribution is -2.37. The van der Waals surface area contributed by atoms with E-state index in [1.54, 1.807) is 18.2 Å². The van der Waals surface area contributed by atoms with Gasteiger partial charge in [0.1, 0.15) is 0 Å². The number of rotatable bonds is 3. The number of benzene rings is 1. The maximum atomic E-state index is 11.4. The van der Waals surface area contributed by atoms with E-state index in [-0.39, 0.29) is 0 Å². The summed E-state index contributed by atoms with van der Waals surface area (Å²) in [5.41, 5.74) is 0.430. The molecule has 0 aliphatic rings. The van der Waals surface area contributed by atoms with Gasteiger partial charge in [-0.05, 0) is 18.6 Å². The van der Waals surface area contributed by atoms with Crippen LogP contribution in [0.25, 0.3) is 0 Å². The van der Waals surface area contributed by atoms with E-state index in [9.17, 15) is 9.59 Å². The Balaban J connectivity index is 2.39. The Morgan fingerprint density at radius 1 is 1.18 bits per heavy atom. The Kier molecular flexibility index (Phi) is 3.22. The first-order valence-electron chi connectivity index (χ1n) is 5.09. The second-order valence-corrected chi connectivity index (χ2v) is 4.38. The highest BCUT2D eigenvalue weighted by Crippen LogP contribution is 2.31. The first-order chi connectivity index (χ1) is 8.06. The van der Waals surface area contributed by atoms with E-state index in [1.165, 1.54) is 0 Å². The van der Waals surface area contributed by atoms with E-state index in [1.807, 2.05) is 6.92 Å². The van der Waals surface area contributed by atoms with Gasteiger partial charge in [0.25, 0.3) is 0 Å². The number of nitrogens with one attached hydrogen (secondary N) is 1. The molecule has 17 heavy (non-hydrogen) atoms. The molecule has 0 unspecified atom stereocenters. The quantitative estimate of drug-likeness (QED) is 0.872. The molecule has 0 heterocycles. The minimum atomic E-state index is -0.502. The lowest BCUT2D eigenvalue weighted by molar-refractivity contribution is 1.08. The van der Waals surface area contributed by atoms with Crippen LogP contribution < -0.4 is 16.2 Å². The van der Waals surface area contributed by atoms with Gasteiger partial charge in [-0.1, -0.05) is 36.2 Å². The highest BCUT2D eigenvalue weighted by atomic mass is 35.5. The average Bonchev–Trinajstić information content (AvgIpc) is 2.33.